The Morgan fingerprint density at radius 3 is 2.75 bits per heavy atom. The highest BCUT2D eigenvalue weighted by molar-refractivity contribution is 14.1. The molecule has 2 unspecified atom stereocenters. The third-order valence-corrected chi connectivity index (χ3v) is 2.70. The molecule has 1 aliphatic heterocycles. The van der Waals surface area contributed by atoms with E-state index < -0.39 is 0 Å². The van der Waals surface area contributed by atoms with E-state index in [9.17, 15) is 0 Å². The van der Waals surface area contributed by atoms with E-state index in [4.69, 9.17) is 9.84 Å². The fourth-order valence-electron chi connectivity index (χ4n) is 0.697. The van der Waals surface area contributed by atoms with Gasteiger partial charge in [-0.05, 0) is 6.42 Å². The molecule has 0 saturated carbocycles. The van der Waals surface area contributed by atoms with Crippen LogP contribution in [-0.2, 0) is 4.74 Å². The number of aliphatic hydroxyl groups excluding tert-OH is 1. The van der Waals surface area contributed by atoms with Crippen molar-refractivity contribution in [2.24, 2.45) is 0 Å². The van der Waals surface area contributed by atoms with Crippen LogP contribution in [0.25, 0.3) is 0 Å². The van der Waals surface area contributed by atoms with E-state index in [1.54, 1.807) is 0 Å². The first kappa shape index (κ1) is 6.77. The van der Waals surface area contributed by atoms with Gasteiger partial charge in [-0.2, -0.15) is 0 Å². The van der Waals surface area contributed by atoms with E-state index >= 15 is 0 Å². The molecule has 48 valence electrons. The lowest BCUT2D eigenvalue weighted by atomic mass is 10.2. The second-order valence-corrected chi connectivity index (χ2v) is 3.55. The summed E-state index contributed by atoms with van der Waals surface area (Å²) in [6, 6.07) is 0. The average Bonchev–Trinajstić information content (AvgIpc) is 1.77. The first-order valence-corrected chi connectivity index (χ1v) is 3.95. The highest BCUT2D eigenvalue weighted by Crippen LogP contribution is 2.15. The number of aliphatic hydroxyl groups is 1. The Bertz CT molecular complexity index is 66.8. The first-order valence-electron chi connectivity index (χ1n) is 2.70. The van der Waals surface area contributed by atoms with Crippen LogP contribution in [0.1, 0.15) is 6.42 Å². The van der Waals surface area contributed by atoms with Gasteiger partial charge in [0, 0.05) is 10.5 Å². The van der Waals surface area contributed by atoms with Crippen molar-refractivity contribution in [3.8, 4) is 0 Å². The minimum absolute atomic E-state index is 0.232. The van der Waals surface area contributed by atoms with Crippen molar-refractivity contribution in [2.45, 2.75) is 16.4 Å². The maximum Gasteiger partial charge on any atom is 0.0891 e. The van der Waals surface area contributed by atoms with Crippen molar-refractivity contribution in [1.29, 1.82) is 0 Å². The molecule has 8 heavy (non-hydrogen) atoms. The molecule has 0 aromatic heterocycles. The highest BCUT2D eigenvalue weighted by Gasteiger charge is 2.19. The van der Waals surface area contributed by atoms with Crippen molar-refractivity contribution in [3.05, 3.63) is 0 Å². The van der Waals surface area contributed by atoms with Crippen LogP contribution in [0.15, 0.2) is 0 Å². The smallest absolute Gasteiger partial charge is 0.0891 e. The van der Waals surface area contributed by atoms with Crippen molar-refractivity contribution in [2.75, 3.05) is 13.2 Å². The molecular weight excluding hydrogens is 219 g/mol. The summed E-state index contributed by atoms with van der Waals surface area (Å²) in [4.78, 5) is 0. The third kappa shape index (κ3) is 1.56. The Morgan fingerprint density at radius 1 is 1.62 bits per heavy atom. The van der Waals surface area contributed by atoms with Gasteiger partial charge in [-0.3, -0.25) is 0 Å². The summed E-state index contributed by atoms with van der Waals surface area (Å²) in [5.74, 6) is 0. The summed E-state index contributed by atoms with van der Waals surface area (Å²) in [6.45, 7) is 1.33. The summed E-state index contributed by atoms with van der Waals surface area (Å²) in [5, 5.41) is 9.05. The molecule has 1 N–H and O–H groups in total. The molecule has 0 amide bonds. The Hall–Kier alpha value is 0.650. The average molecular weight is 228 g/mol. The number of rotatable bonds is 0. The maximum atomic E-state index is 9.05. The van der Waals surface area contributed by atoms with Crippen LogP contribution in [0.2, 0.25) is 0 Å². The van der Waals surface area contributed by atoms with Crippen LogP contribution < -0.4 is 0 Å². The lowest BCUT2D eigenvalue weighted by molar-refractivity contribution is 0.00267. The van der Waals surface area contributed by atoms with Gasteiger partial charge < -0.3 is 9.84 Å². The second-order valence-electron chi connectivity index (χ2n) is 1.95. The largest absolute Gasteiger partial charge is 0.390 e. The molecule has 1 aliphatic rings. The molecule has 1 rings (SSSR count). The number of ether oxygens (including phenoxy) is 1. The van der Waals surface area contributed by atoms with Crippen LogP contribution in [0, 0.1) is 0 Å². The summed E-state index contributed by atoms with van der Waals surface area (Å²) in [6.07, 6.45) is 0.756. The monoisotopic (exact) mass is 228 g/mol. The predicted molar refractivity (Wildman–Crippen MR) is 39.3 cm³/mol. The lowest BCUT2D eigenvalue weighted by Crippen LogP contribution is -2.32. The molecule has 2 atom stereocenters. The zero-order chi connectivity index (χ0) is 5.98. The molecule has 0 aromatic carbocycles. The molecule has 0 radical (unpaired) electrons. The van der Waals surface area contributed by atoms with Crippen LogP contribution in [0.3, 0.4) is 0 Å². The molecule has 1 heterocycles. The van der Waals surface area contributed by atoms with Crippen molar-refractivity contribution >= 4 is 22.6 Å². The quantitative estimate of drug-likeness (QED) is 0.485. The van der Waals surface area contributed by atoms with Gasteiger partial charge in [0.25, 0.3) is 0 Å². The second kappa shape index (κ2) is 2.98. The zero-order valence-corrected chi connectivity index (χ0v) is 6.67. The minimum Gasteiger partial charge on any atom is -0.390 e. The fourth-order valence-corrected chi connectivity index (χ4v) is 1.16. The van der Waals surface area contributed by atoms with E-state index in [2.05, 4.69) is 22.6 Å². The topological polar surface area (TPSA) is 29.5 Å². The Morgan fingerprint density at radius 2 is 2.38 bits per heavy atom. The normalized spacial score (nSPS) is 39.8. The molecule has 0 aromatic rings. The maximum absolute atomic E-state index is 9.05. The van der Waals surface area contributed by atoms with E-state index in [0.717, 1.165) is 13.0 Å². The van der Waals surface area contributed by atoms with Crippen LogP contribution in [0.5, 0.6) is 0 Å². The van der Waals surface area contributed by atoms with Crippen LogP contribution >= 0.6 is 22.6 Å². The van der Waals surface area contributed by atoms with Gasteiger partial charge in [-0.15, -0.1) is 0 Å². The summed E-state index contributed by atoms with van der Waals surface area (Å²) < 4.78 is 5.40. The molecule has 3 heteroatoms. The molecule has 0 spiro atoms. The van der Waals surface area contributed by atoms with Crippen LogP contribution in [-0.4, -0.2) is 28.3 Å². The van der Waals surface area contributed by atoms with Gasteiger partial charge in [0.1, 0.15) is 0 Å². The molecule has 0 aliphatic carbocycles. The first-order chi connectivity index (χ1) is 3.80. The van der Waals surface area contributed by atoms with Gasteiger partial charge in [-0.1, -0.05) is 22.6 Å². The van der Waals surface area contributed by atoms with E-state index in [-0.39, 0.29) is 6.10 Å². The van der Waals surface area contributed by atoms with Gasteiger partial charge in [-0.25, -0.2) is 0 Å². The van der Waals surface area contributed by atoms with Gasteiger partial charge >= 0.3 is 0 Å². The fraction of sp³-hybridized carbons (Fsp3) is 1.00. The Kier molecular flexibility index (Phi) is 2.52. The SMILES string of the molecule is OC1COCCC1I. The standard InChI is InChI=1S/C5H9IO2/c6-4-1-2-8-3-5(4)7/h4-5,7H,1-3H2. The number of hydrogen-bond donors (Lipinski definition) is 1. The van der Waals surface area contributed by atoms with E-state index in [1.807, 2.05) is 0 Å². The van der Waals surface area contributed by atoms with E-state index in [0.29, 0.717) is 10.5 Å². The molecule has 0 bridgehead atoms. The zero-order valence-electron chi connectivity index (χ0n) is 4.51. The Balaban J connectivity index is 2.28. The number of hydrogen-bond acceptors (Lipinski definition) is 2. The minimum atomic E-state index is -0.232. The van der Waals surface area contributed by atoms with Gasteiger partial charge in [0.05, 0.1) is 12.7 Å². The molecule has 1 saturated heterocycles. The van der Waals surface area contributed by atoms with Crippen molar-refractivity contribution < 1.29 is 9.84 Å². The van der Waals surface area contributed by atoms with Gasteiger partial charge in [0.15, 0.2) is 0 Å². The van der Waals surface area contributed by atoms with Crippen LogP contribution in [0.4, 0.5) is 0 Å². The number of alkyl halides is 1. The Labute approximate surface area is 62.4 Å². The predicted octanol–water partition coefficient (Wildman–Crippen LogP) is 0.571. The van der Waals surface area contributed by atoms with Crippen molar-refractivity contribution in [1.82, 2.24) is 0 Å². The molecule has 2 nitrogen and oxygen atoms in total. The highest BCUT2D eigenvalue weighted by atomic mass is 127. The lowest BCUT2D eigenvalue weighted by Gasteiger charge is -2.22. The van der Waals surface area contributed by atoms with Crippen molar-refractivity contribution in [3.63, 3.8) is 0 Å². The van der Waals surface area contributed by atoms with Gasteiger partial charge in [0.2, 0.25) is 0 Å². The third-order valence-electron chi connectivity index (χ3n) is 1.24. The summed E-state index contributed by atoms with van der Waals surface area (Å²) in [7, 11) is 0. The summed E-state index contributed by atoms with van der Waals surface area (Å²) in [5.41, 5.74) is 0. The summed E-state index contributed by atoms with van der Waals surface area (Å²) >= 11 is 2.25. The van der Waals surface area contributed by atoms with E-state index in [1.165, 1.54) is 0 Å². The molecular formula is C5H9IO2. The number of halogens is 1. The molecule has 1 fully saturated rings.